The molecule has 0 aliphatic heterocycles. The van der Waals surface area contributed by atoms with Crippen LogP contribution in [0.1, 0.15) is 0 Å². The third kappa shape index (κ3) is 4.36. The largest absolute Gasteiger partial charge is 0.494 e. The van der Waals surface area contributed by atoms with Crippen LogP contribution in [-0.4, -0.2) is 41.6 Å². The summed E-state index contributed by atoms with van der Waals surface area (Å²) in [6.07, 6.45) is 5.01. The predicted molar refractivity (Wildman–Crippen MR) is 133 cm³/mol. The smallest absolute Gasteiger partial charge is 0.247 e. The van der Waals surface area contributed by atoms with Crippen molar-refractivity contribution >= 4 is 39.8 Å². The molecule has 0 fully saturated rings. The number of aromatic nitrogens is 3. The van der Waals surface area contributed by atoms with E-state index in [9.17, 15) is 4.79 Å². The lowest BCUT2D eigenvalue weighted by Gasteiger charge is -2.21. The van der Waals surface area contributed by atoms with Crippen LogP contribution in [0.2, 0.25) is 0 Å². The molecule has 0 unspecified atom stereocenters. The first-order valence-corrected chi connectivity index (χ1v) is 10.4. The number of hydrogen-bond acceptors (Lipinski definition) is 6. The number of methoxy groups -OCH3 is 1. The first-order valence-electron chi connectivity index (χ1n) is 10.4. The zero-order valence-corrected chi connectivity index (χ0v) is 19.1. The number of nitrogens with zero attached hydrogens (tertiary/aromatic N) is 4. The second kappa shape index (κ2) is 9.04. The Hall–Kier alpha value is -4.33. The Bertz CT molecular complexity index is 1340. The molecule has 0 spiro atoms. The lowest BCUT2D eigenvalue weighted by atomic mass is 10.1. The summed E-state index contributed by atoms with van der Waals surface area (Å²) >= 11 is 0. The standard InChI is InChI=1S/C25H26N6O2/c1-6-24(32)27-19-13-20(23(33-5)14-22(19)30(2)3)29-25-26-12-11-18(28-25)17-15-31(4)21-10-8-7-9-16(17)21/h6-15H,1H2,2-5H3,(H,27,32)(H,26,28,29). The van der Waals surface area contributed by atoms with Crippen LogP contribution in [0.25, 0.3) is 22.2 Å². The molecule has 0 aliphatic carbocycles. The number of para-hydroxylation sites is 1. The molecule has 4 aromatic rings. The number of carbonyl (C=O) groups is 1. The first-order chi connectivity index (χ1) is 15.9. The van der Waals surface area contributed by atoms with Gasteiger partial charge in [-0.2, -0.15) is 0 Å². The van der Waals surface area contributed by atoms with E-state index < -0.39 is 0 Å². The molecule has 2 aromatic heterocycles. The zero-order valence-electron chi connectivity index (χ0n) is 19.1. The van der Waals surface area contributed by atoms with Gasteiger partial charge in [-0.1, -0.05) is 24.8 Å². The highest BCUT2D eigenvalue weighted by Crippen LogP contribution is 2.38. The molecular formula is C25H26N6O2. The van der Waals surface area contributed by atoms with E-state index >= 15 is 0 Å². The van der Waals surface area contributed by atoms with Crippen molar-refractivity contribution in [3.8, 4) is 17.0 Å². The number of rotatable bonds is 7. The molecule has 4 rings (SSSR count). The van der Waals surface area contributed by atoms with Crippen LogP contribution < -0.4 is 20.3 Å². The van der Waals surface area contributed by atoms with Crippen molar-refractivity contribution in [3.63, 3.8) is 0 Å². The van der Waals surface area contributed by atoms with Crippen molar-refractivity contribution in [3.05, 3.63) is 67.5 Å². The summed E-state index contributed by atoms with van der Waals surface area (Å²) in [4.78, 5) is 23.0. The third-order valence-electron chi connectivity index (χ3n) is 5.32. The highest BCUT2D eigenvalue weighted by Gasteiger charge is 2.16. The van der Waals surface area contributed by atoms with Crippen LogP contribution in [0.15, 0.2) is 67.5 Å². The lowest BCUT2D eigenvalue weighted by molar-refractivity contribution is -0.111. The predicted octanol–water partition coefficient (Wildman–Crippen LogP) is 4.58. The normalized spacial score (nSPS) is 10.7. The average Bonchev–Trinajstić information content (AvgIpc) is 3.16. The average molecular weight is 443 g/mol. The fourth-order valence-electron chi connectivity index (χ4n) is 3.72. The van der Waals surface area contributed by atoms with E-state index in [1.54, 1.807) is 19.4 Å². The van der Waals surface area contributed by atoms with Gasteiger partial charge in [0.1, 0.15) is 5.75 Å². The van der Waals surface area contributed by atoms with E-state index in [0.717, 1.165) is 27.8 Å². The van der Waals surface area contributed by atoms with Gasteiger partial charge in [0.15, 0.2) is 0 Å². The zero-order chi connectivity index (χ0) is 23.5. The van der Waals surface area contributed by atoms with Gasteiger partial charge in [0.05, 0.1) is 29.9 Å². The van der Waals surface area contributed by atoms with Crippen LogP contribution in [0.4, 0.5) is 23.0 Å². The van der Waals surface area contributed by atoms with E-state index in [1.807, 2.05) is 50.3 Å². The molecule has 168 valence electrons. The van der Waals surface area contributed by atoms with Gasteiger partial charge in [-0.05, 0) is 24.3 Å². The second-order valence-corrected chi connectivity index (χ2v) is 7.72. The fourth-order valence-corrected chi connectivity index (χ4v) is 3.72. The van der Waals surface area contributed by atoms with Crippen LogP contribution in [0.3, 0.4) is 0 Å². The lowest BCUT2D eigenvalue weighted by Crippen LogP contribution is -2.15. The number of carbonyl (C=O) groups excluding carboxylic acids is 1. The highest BCUT2D eigenvalue weighted by atomic mass is 16.5. The number of hydrogen-bond donors (Lipinski definition) is 2. The van der Waals surface area contributed by atoms with Gasteiger partial charge < -0.3 is 24.8 Å². The molecule has 33 heavy (non-hydrogen) atoms. The van der Waals surface area contributed by atoms with Crippen molar-refractivity contribution < 1.29 is 9.53 Å². The molecule has 1 amide bonds. The number of aryl methyl sites for hydroxylation is 1. The first kappa shape index (κ1) is 21.9. The summed E-state index contributed by atoms with van der Waals surface area (Å²) in [5.41, 5.74) is 4.97. The molecule has 0 bridgehead atoms. The molecule has 2 heterocycles. The Balaban J connectivity index is 1.74. The Morgan fingerprint density at radius 1 is 1.18 bits per heavy atom. The number of benzene rings is 2. The summed E-state index contributed by atoms with van der Waals surface area (Å²) in [6, 6.07) is 13.7. The maximum atomic E-state index is 12.0. The molecule has 0 saturated carbocycles. The molecular weight excluding hydrogens is 416 g/mol. The summed E-state index contributed by atoms with van der Waals surface area (Å²) in [6.45, 7) is 3.53. The number of ether oxygens (including phenoxy) is 1. The second-order valence-electron chi connectivity index (χ2n) is 7.72. The molecule has 0 saturated heterocycles. The van der Waals surface area contributed by atoms with Gasteiger partial charge >= 0.3 is 0 Å². The molecule has 2 N–H and O–H groups in total. The van der Waals surface area contributed by atoms with Gasteiger partial charge in [-0.15, -0.1) is 0 Å². The molecule has 2 aromatic carbocycles. The summed E-state index contributed by atoms with van der Waals surface area (Å²) in [5.74, 6) is 0.704. The van der Waals surface area contributed by atoms with Gasteiger partial charge in [0.2, 0.25) is 11.9 Å². The van der Waals surface area contributed by atoms with Gasteiger partial charge in [0.25, 0.3) is 0 Å². The Kier molecular flexibility index (Phi) is 5.99. The Morgan fingerprint density at radius 2 is 1.97 bits per heavy atom. The van der Waals surface area contributed by atoms with Gasteiger partial charge in [0, 0.05) is 56.1 Å². The fraction of sp³-hybridized carbons (Fsp3) is 0.160. The monoisotopic (exact) mass is 442 g/mol. The number of anilines is 4. The van der Waals surface area contributed by atoms with E-state index in [-0.39, 0.29) is 5.91 Å². The summed E-state index contributed by atoms with van der Waals surface area (Å²) in [7, 11) is 7.39. The van der Waals surface area contributed by atoms with Gasteiger partial charge in [-0.3, -0.25) is 4.79 Å². The maximum Gasteiger partial charge on any atom is 0.247 e. The highest BCUT2D eigenvalue weighted by molar-refractivity contribution is 6.02. The van der Waals surface area contributed by atoms with E-state index in [2.05, 4.69) is 45.1 Å². The molecule has 0 atom stereocenters. The van der Waals surface area contributed by atoms with Crippen LogP contribution in [0.5, 0.6) is 5.75 Å². The number of amides is 1. The molecule has 0 aliphatic rings. The molecule has 8 nitrogen and oxygen atoms in total. The van der Waals surface area contributed by atoms with Crippen molar-refractivity contribution in [2.45, 2.75) is 0 Å². The Morgan fingerprint density at radius 3 is 2.70 bits per heavy atom. The molecule has 0 radical (unpaired) electrons. The number of fused-ring (bicyclic) bond motifs is 1. The maximum absolute atomic E-state index is 12.0. The minimum atomic E-state index is -0.302. The van der Waals surface area contributed by atoms with Crippen molar-refractivity contribution in [2.24, 2.45) is 7.05 Å². The van der Waals surface area contributed by atoms with E-state index in [4.69, 9.17) is 9.72 Å². The topological polar surface area (TPSA) is 84.3 Å². The Labute approximate surface area is 192 Å². The van der Waals surface area contributed by atoms with Crippen molar-refractivity contribution in [1.82, 2.24) is 14.5 Å². The summed E-state index contributed by atoms with van der Waals surface area (Å²) < 4.78 is 7.67. The van der Waals surface area contributed by atoms with Crippen LogP contribution in [-0.2, 0) is 11.8 Å². The number of nitrogens with one attached hydrogen (secondary N) is 2. The minimum Gasteiger partial charge on any atom is -0.494 e. The van der Waals surface area contributed by atoms with E-state index in [1.165, 1.54) is 6.08 Å². The van der Waals surface area contributed by atoms with Gasteiger partial charge in [-0.25, -0.2) is 9.97 Å². The molecule has 8 heteroatoms. The van der Waals surface area contributed by atoms with Crippen LogP contribution in [0, 0.1) is 0 Å². The van der Waals surface area contributed by atoms with Crippen LogP contribution >= 0.6 is 0 Å². The summed E-state index contributed by atoms with van der Waals surface area (Å²) in [5, 5.41) is 7.20. The van der Waals surface area contributed by atoms with Crippen molar-refractivity contribution in [2.75, 3.05) is 36.7 Å². The van der Waals surface area contributed by atoms with Crippen molar-refractivity contribution in [1.29, 1.82) is 0 Å². The quantitative estimate of drug-likeness (QED) is 0.408. The van der Waals surface area contributed by atoms with E-state index in [0.29, 0.717) is 23.1 Å². The SMILES string of the molecule is C=CC(=O)Nc1cc(Nc2nccc(-c3cn(C)c4ccccc34)n2)c(OC)cc1N(C)C. The minimum absolute atomic E-state index is 0.302. The third-order valence-corrected chi connectivity index (χ3v) is 5.32.